The van der Waals surface area contributed by atoms with Crippen molar-refractivity contribution in [3.05, 3.63) is 0 Å². The second-order valence-electron chi connectivity index (χ2n) is 7.44. The minimum atomic E-state index is -0.0280. The van der Waals surface area contributed by atoms with Crippen molar-refractivity contribution in [1.29, 1.82) is 0 Å². The van der Waals surface area contributed by atoms with E-state index in [0.717, 1.165) is 18.8 Å². The molecule has 2 N–H and O–H groups in total. The van der Waals surface area contributed by atoms with Crippen LogP contribution in [0.1, 0.15) is 52.9 Å². The van der Waals surface area contributed by atoms with Crippen LogP contribution in [0.2, 0.25) is 0 Å². The second kappa shape index (κ2) is 7.10. The summed E-state index contributed by atoms with van der Waals surface area (Å²) in [5.41, 5.74) is 0.436. The normalized spacial score (nSPS) is 33.9. The molecule has 2 unspecified atom stereocenters. The Morgan fingerprint density at radius 3 is 2.43 bits per heavy atom. The van der Waals surface area contributed by atoms with Crippen LogP contribution in [0.4, 0.5) is 0 Å². The van der Waals surface area contributed by atoms with Crippen molar-refractivity contribution in [2.45, 2.75) is 65.0 Å². The van der Waals surface area contributed by atoms with Gasteiger partial charge in [-0.05, 0) is 44.1 Å². The maximum Gasteiger partial charge on any atom is 0.227 e. The molecular weight excluding hydrogens is 264 g/mol. The van der Waals surface area contributed by atoms with Gasteiger partial charge in [-0.1, -0.05) is 27.2 Å². The van der Waals surface area contributed by atoms with E-state index in [0.29, 0.717) is 24.7 Å². The van der Waals surface area contributed by atoms with Gasteiger partial charge < -0.3 is 15.4 Å². The molecule has 0 spiro atoms. The average molecular weight is 296 g/mol. The topological polar surface area (TPSA) is 50.4 Å². The highest BCUT2D eigenvalue weighted by Crippen LogP contribution is 2.40. The Balaban J connectivity index is 1.79. The number of carbonyl (C=O) groups excluding carboxylic acids is 1. The van der Waals surface area contributed by atoms with E-state index in [2.05, 4.69) is 31.4 Å². The Morgan fingerprint density at radius 2 is 1.86 bits per heavy atom. The van der Waals surface area contributed by atoms with E-state index in [4.69, 9.17) is 4.74 Å². The molecule has 1 heterocycles. The molecule has 0 aromatic rings. The number of carbonyl (C=O) groups is 1. The zero-order valence-corrected chi connectivity index (χ0v) is 14.1. The van der Waals surface area contributed by atoms with Crippen molar-refractivity contribution in [1.82, 2.24) is 10.6 Å². The summed E-state index contributed by atoms with van der Waals surface area (Å²) >= 11 is 0. The number of ether oxygens (including phenoxy) is 1. The molecule has 2 atom stereocenters. The molecule has 0 aromatic carbocycles. The fourth-order valence-corrected chi connectivity index (χ4v) is 3.71. The SMILES string of the molecule is CCC(C)(C)C1CCC(NC(=O)C2COCC2NC)CC1. The fourth-order valence-electron chi connectivity index (χ4n) is 3.71. The molecule has 1 amide bonds. The van der Waals surface area contributed by atoms with Gasteiger partial charge in [0.1, 0.15) is 0 Å². The molecule has 1 aliphatic heterocycles. The van der Waals surface area contributed by atoms with Crippen LogP contribution in [0.15, 0.2) is 0 Å². The van der Waals surface area contributed by atoms with Crippen LogP contribution >= 0.6 is 0 Å². The van der Waals surface area contributed by atoms with Gasteiger partial charge in [-0.2, -0.15) is 0 Å². The zero-order chi connectivity index (χ0) is 15.5. The highest BCUT2D eigenvalue weighted by atomic mass is 16.5. The lowest BCUT2D eigenvalue weighted by molar-refractivity contribution is -0.126. The van der Waals surface area contributed by atoms with E-state index >= 15 is 0 Å². The third kappa shape index (κ3) is 3.98. The molecule has 2 fully saturated rings. The zero-order valence-electron chi connectivity index (χ0n) is 14.1. The van der Waals surface area contributed by atoms with E-state index in [-0.39, 0.29) is 17.9 Å². The summed E-state index contributed by atoms with van der Waals surface area (Å²) in [4.78, 5) is 12.4. The third-order valence-corrected chi connectivity index (χ3v) is 5.88. The van der Waals surface area contributed by atoms with Crippen LogP contribution in [-0.4, -0.2) is 38.3 Å². The standard InChI is InChI=1S/C17H32N2O2/c1-5-17(2,3)12-6-8-13(9-7-12)19-16(20)14-10-21-11-15(14)18-4/h12-15,18H,5-11H2,1-4H3,(H,19,20). The Morgan fingerprint density at radius 1 is 1.19 bits per heavy atom. The van der Waals surface area contributed by atoms with E-state index in [1.165, 1.54) is 19.3 Å². The number of amides is 1. The number of likely N-dealkylation sites (N-methyl/N-ethyl adjacent to an activating group) is 1. The summed E-state index contributed by atoms with van der Waals surface area (Å²) in [6, 6.07) is 0.528. The van der Waals surface area contributed by atoms with Gasteiger partial charge in [0.15, 0.2) is 0 Å². The lowest BCUT2D eigenvalue weighted by Crippen LogP contribution is -2.47. The monoisotopic (exact) mass is 296 g/mol. The quantitative estimate of drug-likeness (QED) is 0.818. The molecule has 1 saturated heterocycles. The predicted molar refractivity (Wildman–Crippen MR) is 85.1 cm³/mol. The molecular formula is C17H32N2O2. The maximum atomic E-state index is 12.4. The fraction of sp³-hybridized carbons (Fsp3) is 0.941. The van der Waals surface area contributed by atoms with Gasteiger partial charge in [-0.15, -0.1) is 0 Å². The van der Waals surface area contributed by atoms with Crippen LogP contribution in [0, 0.1) is 17.3 Å². The minimum Gasteiger partial charge on any atom is -0.379 e. The van der Waals surface area contributed by atoms with Crippen molar-refractivity contribution in [3.8, 4) is 0 Å². The van der Waals surface area contributed by atoms with Gasteiger partial charge in [-0.3, -0.25) is 4.79 Å². The summed E-state index contributed by atoms with van der Waals surface area (Å²) < 4.78 is 5.42. The van der Waals surface area contributed by atoms with Crippen LogP contribution in [0.3, 0.4) is 0 Å². The van der Waals surface area contributed by atoms with E-state index in [1.54, 1.807) is 0 Å². The van der Waals surface area contributed by atoms with Gasteiger partial charge in [0.2, 0.25) is 5.91 Å². The van der Waals surface area contributed by atoms with Crippen LogP contribution in [-0.2, 0) is 9.53 Å². The molecule has 1 saturated carbocycles. The Kier molecular flexibility index (Phi) is 5.67. The first kappa shape index (κ1) is 16.8. The smallest absolute Gasteiger partial charge is 0.227 e. The van der Waals surface area contributed by atoms with E-state index in [9.17, 15) is 4.79 Å². The van der Waals surface area contributed by atoms with Crippen LogP contribution in [0.25, 0.3) is 0 Å². The highest BCUT2D eigenvalue weighted by molar-refractivity contribution is 5.80. The van der Waals surface area contributed by atoms with E-state index in [1.807, 2.05) is 7.05 Å². The highest BCUT2D eigenvalue weighted by Gasteiger charge is 2.36. The molecule has 0 aromatic heterocycles. The molecule has 1 aliphatic carbocycles. The lowest BCUT2D eigenvalue weighted by Gasteiger charge is -2.39. The van der Waals surface area contributed by atoms with Crippen LogP contribution < -0.4 is 10.6 Å². The largest absolute Gasteiger partial charge is 0.379 e. The minimum absolute atomic E-state index is 0.0280. The van der Waals surface area contributed by atoms with Gasteiger partial charge in [0, 0.05) is 12.1 Å². The molecule has 2 aliphatic rings. The first-order valence-corrected chi connectivity index (χ1v) is 8.53. The molecule has 0 radical (unpaired) electrons. The number of rotatable bonds is 5. The van der Waals surface area contributed by atoms with Gasteiger partial charge in [0.05, 0.1) is 19.1 Å². The molecule has 0 bridgehead atoms. The first-order valence-electron chi connectivity index (χ1n) is 8.53. The van der Waals surface area contributed by atoms with Crippen molar-refractivity contribution < 1.29 is 9.53 Å². The Hall–Kier alpha value is -0.610. The molecule has 4 heteroatoms. The van der Waals surface area contributed by atoms with Crippen LogP contribution in [0.5, 0.6) is 0 Å². The first-order chi connectivity index (χ1) is 9.97. The molecule has 4 nitrogen and oxygen atoms in total. The van der Waals surface area contributed by atoms with Gasteiger partial charge >= 0.3 is 0 Å². The van der Waals surface area contributed by atoms with Crippen molar-refractivity contribution in [3.63, 3.8) is 0 Å². The maximum absolute atomic E-state index is 12.4. The average Bonchev–Trinajstić information content (AvgIpc) is 2.96. The predicted octanol–water partition coefficient (Wildman–Crippen LogP) is 2.33. The summed E-state index contributed by atoms with van der Waals surface area (Å²) in [7, 11) is 1.90. The third-order valence-electron chi connectivity index (χ3n) is 5.88. The van der Waals surface area contributed by atoms with Crippen molar-refractivity contribution in [2.75, 3.05) is 20.3 Å². The molecule has 122 valence electrons. The number of nitrogens with one attached hydrogen (secondary N) is 2. The van der Waals surface area contributed by atoms with Gasteiger partial charge in [-0.25, -0.2) is 0 Å². The summed E-state index contributed by atoms with van der Waals surface area (Å²) in [6.45, 7) is 8.24. The lowest BCUT2D eigenvalue weighted by atomic mass is 9.69. The molecule has 21 heavy (non-hydrogen) atoms. The molecule has 2 rings (SSSR count). The second-order valence-corrected chi connectivity index (χ2v) is 7.44. The summed E-state index contributed by atoms with van der Waals surface area (Å²) in [5, 5.41) is 6.44. The van der Waals surface area contributed by atoms with Crippen molar-refractivity contribution >= 4 is 5.91 Å². The van der Waals surface area contributed by atoms with E-state index < -0.39 is 0 Å². The Labute approximate surface area is 129 Å². The summed E-state index contributed by atoms with van der Waals surface area (Å²) in [6.07, 6.45) is 5.96. The van der Waals surface area contributed by atoms with Gasteiger partial charge in [0.25, 0.3) is 0 Å². The summed E-state index contributed by atoms with van der Waals surface area (Å²) in [5.74, 6) is 0.945. The number of hydrogen-bond donors (Lipinski definition) is 2. The Bertz CT molecular complexity index is 349. The van der Waals surface area contributed by atoms with Crippen molar-refractivity contribution in [2.24, 2.45) is 17.3 Å². The number of hydrogen-bond acceptors (Lipinski definition) is 3.